The summed E-state index contributed by atoms with van der Waals surface area (Å²) in [5.74, 6) is 0.729. The standard InChI is InChI=1S/C18H19BrO2/c1-4-14-6-8-15(9-7-14)18(20)13(3)21-17-11-16(19)10-5-12(17)2/h5-11,13H,4H2,1-3H3. The van der Waals surface area contributed by atoms with Crippen molar-refractivity contribution in [2.24, 2.45) is 0 Å². The normalized spacial score (nSPS) is 12.0. The average molecular weight is 347 g/mol. The van der Waals surface area contributed by atoms with Crippen LogP contribution in [0.3, 0.4) is 0 Å². The molecule has 1 atom stereocenters. The van der Waals surface area contributed by atoms with Gasteiger partial charge in [-0.05, 0) is 43.5 Å². The summed E-state index contributed by atoms with van der Waals surface area (Å²) >= 11 is 3.42. The van der Waals surface area contributed by atoms with Crippen LogP contribution in [0, 0.1) is 6.92 Å². The topological polar surface area (TPSA) is 26.3 Å². The second-order valence-corrected chi connectivity index (χ2v) is 6.00. The van der Waals surface area contributed by atoms with E-state index in [-0.39, 0.29) is 5.78 Å². The van der Waals surface area contributed by atoms with Crippen LogP contribution in [0.25, 0.3) is 0 Å². The Morgan fingerprint density at radius 3 is 2.48 bits per heavy atom. The van der Waals surface area contributed by atoms with E-state index in [1.165, 1.54) is 5.56 Å². The van der Waals surface area contributed by atoms with Gasteiger partial charge in [-0.1, -0.05) is 53.2 Å². The first-order valence-corrected chi connectivity index (χ1v) is 7.86. The SMILES string of the molecule is CCc1ccc(C(=O)C(C)Oc2cc(Br)ccc2C)cc1. The van der Waals surface area contributed by atoms with E-state index in [9.17, 15) is 4.79 Å². The number of hydrogen-bond donors (Lipinski definition) is 0. The number of ether oxygens (including phenoxy) is 1. The molecule has 2 aromatic carbocycles. The summed E-state index contributed by atoms with van der Waals surface area (Å²) in [6, 6.07) is 13.5. The first-order valence-electron chi connectivity index (χ1n) is 7.07. The number of halogens is 1. The van der Waals surface area contributed by atoms with Gasteiger partial charge in [0.05, 0.1) is 0 Å². The van der Waals surface area contributed by atoms with Gasteiger partial charge in [0.15, 0.2) is 6.10 Å². The molecule has 2 nitrogen and oxygen atoms in total. The highest BCUT2D eigenvalue weighted by Gasteiger charge is 2.17. The van der Waals surface area contributed by atoms with Crippen molar-refractivity contribution in [1.29, 1.82) is 0 Å². The van der Waals surface area contributed by atoms with Crippen LogP contribution in [-0.2, 0) is 6.42 Å². The summed E-state index contributed by atoms with van der Waals surface area (Å²) in [4.78, 5) is 12.4. The Bertz CT molecular complexity index is 632. The number of hydrogen-bond acceptors (Lipinski definition) is 2. The molecule has 0 bridgehead atoms. The van der Waals surface area contributed by atoms with Gasteiger partial charge >= 0.3 is 0 Å². The van der Waals surface area contributed by atoms with E-state index in [4.69, 9.17) is 4.74 Å². The number of aryl methyl sites for hydroxylation is 2. The van der Waals surface area contributed by atoms with Gasteiger partial charge < -0.3 is 4.74 Å². The molecule has 0 saturated carbocycles. The van der Waals surface area contributed by atoms with Crippen molar-refractivity contribution in [3.8, 4) is 5.75 Å². The van der Waals surface area contributed by atoms with Gasteiger partial charge in [0.2, 0.25) is 5.78 Å². The van der Waals surface area contributed by atoms with Crippen molar-refractivity contribution in [1.82, 2.24) is 0 Å². The highest BCUT2D eigenvalue weighted by atomic mass is 79.9. The lowest BCUT2D eigenvalue weighted by Crippen LogP contribution is -2.24. The fourth-order valence-electron chi connectivity index (χ4n) is 2.08. The lowest BCUT2D eigenvalue weighted by Gasteiger charge is -2.16. The summed E-state index contributed by atoms with van der Waals surface area (Å²) in [6.45, 7) is 5.85. The molecule has 0 fully saturated rings. The molecule has 0 aromatic heterocycles. The number of Topliss-reactive ketones (excluding diaryl/α,β-unsaturated/α-hetero) is 1. The molecule has 0 N–H and O–H groups in total. The van der Waals surface area contributed by atoms with Crippen LogP contribution in [0.4, 0.5) is 0 Å². The summed E-state index contributed by atoms with van der Waals surface area (Å²) in [5, 5.41) is 0. The molecule has 0 amide bonds. The third kappa shape index (κ3) is 3.94. The molecule has 0 saturated heterocycles. The molecule has 0 aliphatic carbocycles. The smallest absolute Gasteiger partial charge is 0.202 e. The van der Waals surface area contributed by atoms with Gasteiger partial charge in [0, 0.05) is 10.0 Å². The highest BCUT2D eigenvalue weighted by Crippen LogP contribution is 2.24. The third-order valence-corrected chi connectivity index (χ3v) is 3.96. The van der Waals surface area contributed by atoms with E-state index in [1.54, 1.807) is 6.92 Å². The van der Waals surface area contributed by atoms with Crippen LogP contribution in [0.1, 0.15) is 35.3 Å². The Hall–Kier alpha value is -1.61. The molecule has 1 unspecified atom stereocenters. The van der Waals surface area contributed by atoms with Gasteiger partial charge in [-0.15, -0.1) is 0 Å². The molecular weight excluding hydrogens is 328 g/mol. The fraction of sp³-hybridized carbons (Fsp3) is 0.278. The third-order valence-electron chi connectivity index (χ3n) is 3.47. The Morgan fingerprint density at radius 1 is 1.19 bits per heavy atom. The molecule has 2 rings (SSSR count). The first kappa shape index (κ1) is 15.8. The van der Waals surface area contributed by atoms with E-state index in [1.807, 2.05) is 49.4 Å². The minimum atomic E-state index is -0.509. The number of benzene rings is 2. The van der Waals surface area contributed by atoms with Gasteiger partial charge in [0.1, 0.15) is 5.75 Å². The van der Waals surface area contributed by atoms with E-state index >= 15 is 0 Å². The maximum absolute atomic E-state index is 12.4. The van der Waals surface area contributed by atoms with Gasteiger partial charge in [-0.3, -0.25) is 4.79 Å². The van der Waals surface area contributed by atoms with E-state index < -0.39 is 6.10 Å². The summed E-state index contributed by atoms with van der Waals surface area (Å²) < 4.78 is 6.76. The van der Waals surface area contributed by atoms with Crippen molar-refractivity contribution in [2.75, 3.05) is 0 Å². The van der Waals surface area contributed by atoms with Gasteiger partial charge in [-0.25, -0.2) is 0 Å². The van der Waals surface area contributed by atoms with Crippen LogP contribution in [0.5, 0.6) is 5.75 Å². The van der Waals surface area contributed by atoms with Crippen molar-refractivity contribution in [3.05, 3.63) is 63.6 Å². The zero-order chi connectivity index (χ0) is 15.4. The Labute approximate surface area is 134 Å². The van der Waals surface area contributed by atoms with Crippen LogP contribution in [0.2, 0.25) is 0 Å². The number of ketones is 1. The van der Waals surface area contributed by atoms with E-state index in [0.29, 0.717) is 5.56 Å². The summed E-state index contributed by atoms with van der Waals surface area (Å²) in [7, 11) is 0. The zero-order valence-corrected chi connectivity index (χ0v) is 14.1. The molecular formula is C18H19BrO2. The molecule has 0 spiro atoms. The van der Waals surface area contributed by atoms with Crippen LogP contribution in [-0.4, -0.2) is 11.9 Å². The molecule has 0 aliphatic rings. The molecule has 0 radical (unpaired) electrons. The minimum Gasteiger partial charge on any atom is -0.482 e. The van der Waals surface area contributed by atoms with E-state index in [0.717, 1.165) is 22.2 Å². The van der Waals surface area contributed by atoms with Gasteiger partial charge in [0.25, 0.3) is 0 Å². The zero-order valence-electron chi connectivity index (χ0n) is 12.5. The van der Waals surface area contributed by atoms with Crippen molar-refractivity contribution >= 4 is 21.7 Å². The Kier molecular flexibility index (Phi) is 5.18. The summed E-state index contributed by atoms with van der Waals surface area (Å²) in [6.07, 6.45) is 0.461. The lowest BCUT2D eigenvalue weighted by atomic mass is 10.0. The van der Waals surface area contributed by atoms with Gasteiger partial charge in [-0.2, -0.15) is 0 Å². The molecule has 21 heavy (non-hydrogen) atoms. The fourth-order valence-corrected chi connectivity index (χ4v) is 2.42. The molecule has 0 aliphatic heterocycles. The van der Waals surface area contributed by atoms with Crippen LogP contribution < -0.4 is 4.74 Å². The van der Waals surface area contributed by atoms with E-state index in [2.05, 4.69) is 22.9 Å². The lowest BCUT2D eigenvalue weighted by molar-refractivity contribution is 0.0817. The molecule has 110 valence electrons. The average Bonchev–Trinajstić information content (AvgIpc) is 2.50. The van der Waals surface area contributed by atoms with Crippen LogP contribution in [0.15, 0.2) is 46.9 Å². The Balaban J connectivity index is 2.13. The number of rotatable bonds is 5. The van der Waals surface area contributed by atoms with Crippen molar-refractivity contribution < 1.29 is 9.53 Å². The minimum absolute atomic E-state index is 0.00275. The highest BCUT2D eigenvalue weighted by molar-refractivity contribution is 9.10. The largest absolute Gasteiger partial charge is 0.482 e. The van der Waals surface area contributed by atoms with Crippen LogP contribution >= 0.6 is 15.9 Å². The van der Waals surface area contributed by atoms with Crippen molar-refractivity contribution in [3.63, 3.8) is 0 Å². The van der Waals surface area contributed by atoms with Crippen molar-refractivity contribution in [2.45, 2.75) is 33.3 Å². The predicted molar refractivity (Wildman–Crippen MR) is 89.1 cm³/mol. The second-order valence-electron chi connectivity index (χ2n) is 5.08. The molecule has 2 aromatic rings. The quantitative estimate of drug-likeness (QED) is 0.714. The maximum Gasteiger partial charge on any atom is 0.202 e. The number of carbonyl (C=O) groups excluding carboxylic acids is 1. The summed E-state index contributed by atoms with van der Waals surface area (Å²) in [5.41, 5.74) is 2.93. The first-order chi connectivity index (χ1) is 10.0. The maximum atomic E-state index is 12.4. The molecule has 3 heteroatoms. The second kappa shape index (κ2) is 6.90. The monoisotopic (exact) mass is 346 g/mol. The molecule has 0 heterocycles. The predicted octanol–water partition coefficient (Wildman–Crippen LogP) is 4.97. The number of carbonyl (C=O) groups is 1. The Morgan fingerprint density at radius 2 is 1.86 bits per heavy atom.